The van der Waals surface area contributed by atoms with Crippen molar-refractivity contribution < 1.29 is 35.2 Å². The van der Waals surface area contributed by atoms with Crippen molar-refractivity contribution in [1.29, 1.82) is 0 Å². The van der Waals surface area contributed by atoms with Gasteiger partial charge in [-0.3, -0.25) is 0 Å². The van der Waals surface area contributed by atoms with Gasteiger partial charge in [0.2, 0.25) is 0 Å². The van der Waals surface area contributed by atoms with Gasteiger partial charge >= 0.3 is 7.69 Å². The molecule has 0 amide bonds. The first-order valence-electron chi connectivity index (χ1n) is 4.06. The first kappa shape index (κ1) is 13.8. The van der Waals surface area contributed by atoms with Gasteiger partial charge in [-0.2, -0.15) is 0 Å². The molecule has 0 saturated heterocycles. The first-order chi connectivity index (χ1) is 6.54. The second-order valence-corrected chi connectivity index (χ2v) is 2.80. The standard InChI is InChI=1S/C6H15BO7/c8-1-3(9)5(11)6(12)4(10)2-14-7-13/h3-13H,1-2H2/t3-,4-,5-,6-/m1/s1. The summed E-state index contributed by atoms with van der Waals surface area (Å²) in [4.78, 5) is 0. The molecule has 4 atom stereocenters. The lowest BCUT2D eigenvalue weighted by molar-refractivity contribution is -0.122. The predicted octanol–water partition coefficient (Wildman–Crippen LogP) is -4.30. The predicted molar refractivity (Wildman–Crippen MR) is 46.4 cm³/mol. The lowest BCUT2D eigenvalue weighted by atomic mass is 10.0. The molecule has 0 unspecified atom stereocenters. The van der Waals surface area contributed by atoms with E-state index in [4.69, 9.17) is 25.5 Å². The van der Waals surface area contributed by atoms with Gasteiger partial charge in [0.25, 0.3) is 0 Å². The molecule has 0 spiro atoms. The van der Waals surface area contributed by atoms with Gasteiger partial charge in [0, 0.05) is 0 Å². The highest BCUT2D eigenvalue weighted by Gasteiger charge is 2.29. The smallest absolute Gasteiger partial charge is 0.430 e. The summed E-state index contributed by atoms with van der Waals surface area (Å²) in [6.45, 7) is -1.11. The Balaban J connectivity index is 3.95. The lowest BCUT2D eigenvalue weighted by Crippen LogP contribution is -2.47. The molecule has 0 aromatic heterocycles. The molecule has 84 valence electrons. The molecule has 0 radical (unpaired) electrons. The largest absolute Gasteiger partial charge is 0.435 e. The van der Waals surface area contributed by atoms with Crippen LogP contribution < -0.4 is 0 Å². The summed E-state index contributed by atoms with van der Waals surface area (Å²) in [6, 6.07) is 0. The SMILES string of the molecule is OBOC[C@@H](O)[C@@H](O)[C@H](O)[C@H](O)CO. The minimum absolute atomic E-state index is 0.382. The molecule has 14 heavy (non-hydrogen) atoms. The molecule has 0 aromatic rings. The molecule has 0 aliphatic carbocycles. The molecule has 0 aliphatic heterocycles. The third-order valence-corrected chi connectivity index (χ3v) is 1.71. The van der Waals surface area contributed by atoms with Crippen molar-refractivity contribution in [3.05, 3.63) is 0 Å². The van der Waals surface area contributed by atoms with Crippen LogP contribution in [-0.2, 0) is 4.65 Å². The Morgan fingerprint density at radius 3 is 1.93 bits per heavy atom. The number of aliphatic hydroxyl groups excluding tert-OH is 5. The van der Waals surface area contributed by atoms with Gasteiger partial charge in [-0.25, -0.2) is 0 Å². The molecule has 0 rings (SSSR count). The highest BCUT2D eigenvalue weighted by atomic mass is 16.5. The zero-order valence-electron chi connectivity index (χ0n) is 7.52. The average Bonchev–Trinajstić information content (AvgIpc) is 2.22. The van der Waals surface area contributed by atoms with Crippen molar-refractivity contribution in [2.75, 3.05) is 13.2 Å². The van der Waals surface area contributed by atoms with E-state index in [1.54, 1.807) is 0 Å². The topological polar surface area (TPSA) is 131 Å². The van der Waals surface area contributed by atoms with Crippen LogP contribution in [-0.4, -0.2) is 75.9 Å². The fourth-order valence-corrected chi connectivity index (χ4v) is 0.835. The summed E-state index contributed by atoms with van der Waals surface area (Å²) < 4.78 is 4.37. The van der Waals surface area contributed by atoms with Gasteiger partial charge in [-0.05, 0) is 0 Å². The van der Waals surface area contributed by atoms with Crippen LogP contribution in [0.15, 0.2) is 0 Å². The third kappa shape index (κ3) is 4.33. The second kappa shape index (κ2) is 7.13. The molecule has 0 fully saturated rings. The van der Waals surface area contributed by atoms with E-state index in [0.29, 0.717) is 0 Å². The van der Waals surface area contributed by atoms with Gasteiger partial charge in [0.05, 0.1) is 13.2 Å². The van der Waals surface area contributed by atoms with Crippen LogP contribution in [0.4, 0.5) is 0 Å². The maximum absolute atomic E-state index is 9.18. The van der Waals surface area contributed by atoms with E-state index in [9.17, 15) is 5.11 Å². The number of rotatable bonds is 7. The maximum Gasteiger partial charge on any atom is 0.435 e. The van der Waals surface area contributed by atoms with Crippen LogP contribution in [0.5, 0.6) is 0 Å². The quantitative estimate of drug-likeness (QED) is 0.234. The van der Waals surface area contributed by atoms with E-state index >= 15 is 0 Å². The molecule has 7 nitrogen and oxygen atoms in total. The van der Waals surface area contributed by atoms with Crippen molar-refractivity contribution in [3.8, 4) is 0 Å². The van der Waals surface area contributed by atoms with Gasteiger partial charge in [-0.1, -0.05) is 0 Å². The highest BCUT2D eigenvalue weighted by Crippen LogP contribution is 2.05. The Labute approximate surface area is 81.5 Å². The second-order valence-electron chi connectivity index (χ2n) is 2.80. The molecule has 8 heteroatoms. The zero-order valence-corrected chi connectivity index (χ0v) is 7.52. The van der Waals surface area contributed by atoms with E-state index < -0.39 is 38.7 Å². The molecular formula is C6H15BO7. The highest BCUT2D eigenvalue weighted by molar-refractivity contribution is 6.15. The van der Waals surface area contributed by atoms with Crippen molar-refractivity contribution in [2.24, 2.45) is 0 Å². The van der Waals surface area contributed by atoms with E-state index in [-0.39, 0.29) is 6.61 Å². The lowest BCUT2D eigenvalue weighted by Gasteiger charge is -2.25. The normalized spacial score (nSPS) is 19.9. The summed E-state index contributed by atoms with van der Waals surface area (Å²) in [5, 5.41) is 53.0. The van der Waals surface area contributed by atoms with E-state index in [2.05, 4.69) is 4.65 Å². The van der Waals surface area contributed by atoms with Gasteiger partial charge < -0.3 is 35.2 Å². The van der Waals surface area contributed by atoms with Gasteiger partial charge in [0.1, 0.15) is 24.4 Å². The monoisotopic (exact) mass is 210 g/mol. The van der Waals surface area contributed by atoms with Crippen LogP contribution in [0.1, 0.15) is 0 Å². The van der Waals surface area contributed by atoms with Crippen molar-refractivity contribution in [2.45, 2.75) is 24.4 Å². The summed E-state index contributed by atoms with van der Waals surface area (Å²) >= 11 is 0. The number of hydrogen-bond donors (Lipinski definition) is 6. The molecule has 0 saturated carbocycles. The minimum atomic E-state index is -1.67. The van der Waals surface area contributed by atoms with Crippen molar-refractivity contribution in [1.82, 2.24) is 0 Å². The molecule has 0 heterocycles. The fraction of sp³-hybridized carbons (Fsp3) is 1.00. The Bertz CT molecular complexity index is 146. The summed E-state index contributed by atoms with van der Waals surface area (Å²) in [5.74, 6) is 0. The molecule has 0 bridgehead atoms. The van der Waals surface area contributed by atoms with E-state index in [0.717, 1.165) is 0 Å². The third-order valence-electron chi connectivity index (χ3n) is 1.71. The van der Waals surface area contributed by atoms with E-state index in [1.807, 2.05) is 0 Å². The van der Waals surface area contributed by atoms with Gasteiger partial charge in [0.15, 0.2) is 0 Å². The van der Waals surface area contributed by atoms with Crippen molar-refractivity contribution in [3.63, 3.8) is 0 Å². The summed E-state index contributed by atoms with van der Waals surface area (Å²) in [5.41, 5.74) is 0. The fourth-order valence-electron chi connectivity index (χ4n) is 0.835. The molecule has 6 N–H and O–H groups in total. The van der Waals surface area contributed by atoms with Crippen LogP contribution in [0, 0.1) is 0 Å². The van der Waals surface area contributed by atoms with E-state index in [1.165, 1.54) is 0 Å². The van der Waals surface area contributed by atoms with Crippen molar-refractivity contribution >= 4 is 7.69 Å². The molecule has 0 aliphatic rings. The summed E-state index contributed by atoms with van der Waals surface area (Å²) in [6.07, 6.45) is -6.30. The number of hydrogen-bond acceptors (Lipinski definition) is 7. The van der Waals surface area contributed by atoms with Crippen LogP contribution in [0.2, 0.25) is 0 Å². The Morgan fingerprint density at radius 1 is 1.00 bits per heavy atom. The first-order valence-corrected chi connectivity index (χ1v) is 4.06. The Kier molecular flexibility index (Phi) is 7.02. The maximum atomic E-state index is 9.18. The Hall–Kier alpha value is -0.215. The van der Waals surface area contributed by atoms with Crippen LogP contribution in [0.3, 0.4) is 0 Å². The minimum Gasteiger partial charge on any atom is -0.430 e. The average molecular weight is 210 g/mol. The molecular weight excluding hydrogens is 195 g/mol. The Morgan fingerprint density at radius 2 is 1.50 bits per heavy atom. The summed E-state index contributed by atoms with van der Waals surface area (Å²) in [7, 11) is -0.623. The number of aliphatic hydroxyl groups is 5. The van der Waals surface area contributed by atoms with Gasteiger partial charge in [-0.15, -0.1) is 0 Å². The van der Waals surface area contributed by atoms with Crippen LogP contribution >= 0.6 is 0 Å². The van der Waals surface area contributed by atoms with Crippen LogP contribution in [0.25, 0.3) is 0 Å². The molecule has 0 aromatic carbocycles. The zero-order chi connectivity index (χ0) is 11.1.